The molecule has 2 N–H and O–H groups in total. The monoisotopic (exact) mass is 322 g/mol. The summed E-state index contributed by atoms with van der Waals surface area (Å²) in [5.41, 5.74) is -0.672. The van der Waals surface area contributed by atoms with Crippen LogP contribution in [0.2, 0.25) is 0 Å². The molecule has 0 radical (unpaired) electrons. The fraction of sp³-hybridized carbons (Fsp3) is 0.500. The summed E-state index contributed by atoms with van der Waals surface area (Å²) in [5, 5.41) is 15.0. The molecular formula is C16H22N2O3S. The Morgan fingerprint density at radius 2 is 2.32 bits per heavy atom. The molecule has 2 aromatic rings. The smallest absolute Gasteiger partial charge is 0.274 e. The van der Waals surface area contributed by atoms with E-state index in [1.165, 1.54) is 17.7 Å². The van der Waals surface area contributed by atoms with E-state index in [2.05, 4.69) is 24.1 Å². The Bertz CT molecular complexity index is 603. The van der Waals surface area contributed by atoms with Crippen molar-refractivity contribution in [3.8, 4) is 10.6 Å². The average Bonchev–Trinajstić information content (AvgIpc) is 3.12. The number of nitrogens with one attached hydrogen (secondary N) is 1. The van der Waals surface area contributed by atoms with Crippen LogP contribution in [0.25, 0.3) is 10.6 Å². The summed E-state index contributed by atoms with van der Waals surface area (Å²) in [4.78, 5) is 17.1. The summed E-state index contributed by atoms with van der Waals surface area (Å²) >= 11 is 1.48. The van der Waals surface area contributed by atoms with Gasteiger partial charge in [-0.25, -0.2) is 4.98 Å². The van der Waals surface area contributed by atoms with Gasteiger partial charge in [0.25, 0.3) is 5.91 Å². The summed E-state index contributed by atoms with van der Waals surface area (Å²) in [6, 6.07) is 3.77. The Morgan fingerprint density at radius 3 is 2.95 bits per heavy atom. The van der Waals surface area contributed by atoms with E-state index < -0.39 is 5.60 Å². The predicted octanol–water partition coefficient (Wildman–Crippen LogP) is 3.32. The maximum absolute atomic E-state index is 12.3. The molecule has 22 heavy (non-hydrogen) atoms. The minimum atomic E-state index is -0.924. The lowest BCUT2D eigenvalue weighted by atomic mass is 9.95. The summed E-state index contributed by atoms with van der Waals surface area (Å²) in [7, 11) is 0. The quantitative estimate of drug-likeness (QED) is 0.820. The minimum Gasteiger partial charge on any atom is -0.442 e. The van der Waals surface area contributed by atoms with Gasteiger partial charge < -0.3 is 14.8 Å². The third-order valence-electron chi connectivity index (χ3n) is 3.42. The van der Waals surface area contributed by atoms with Crippen molar-refractivity contribution in [1.82, 2.24) is 10.3 Å². The van der Waals surface area contributed by atoms with Gasteiger partial charge in [-0.2, -0.15) is 0 Å². The normalized spacial score (nSPS) is 14.0. The van der Waals surface area contributed by atoms with Gasteiger partial charge in [-0.1, -0.05) is 19.9 Å². The van der Waals surface area contributed by atoms with Gasteiger partial charge in [-0.3, -0.25) is 4.79 Å². The highest BCUT2D eigenvalue weighted by molar-refractivity contribution is 7.13. The van der Waals surface area contributed by atoms with Crippen molar-refractivity contribution in [2.45, 2.75) is 39.2 Å². The third kappa shape index (κ3) is 4.42. The molecule has 1 atom stereocenters. The van der Waals surface area contributed by atoms with Crippen LogP contribution < -0.4 is 5.32 Å². The summed E-state index contributed by atoms with van der Waals surface area (Å²) < 4.78 is 5.32. The molecule has 0 aliphatic heterocycles. The lowest BCUT2D eigenvalue weighted by Crippen LogP contribution is -2.41. The van der Waals surface area contributed by atoms with E-state index in [0.717, 1.165) is 11.3 Å². The standard InChI is InChI=1S/C16H22N2O3S/c1-11(2)6-7-16(3,20)9-17-15(19)13-14(21-10-18-13)12-5-4-8-22-12/h4-5,8,10-11,20H,6-7,9H2,1-3H3,(H,17,19). The van der Waals surface area contributed by atoms with Crippen molar-refractivity contribution in [1.29, 1.82) is 0 Å². The molecule has 2 heterocycles. The van der Waals surface area contributed by atoms with Gasteiger partial charge in [0.1, 0.15) is 0 Å². The molecule has 6 heteroatoms. The van der Waals surface area contributed by atoms with Gasteiger partial charge in [-0.05, 0) is 37.1 Å². The molecule has 0 aliphatic carbocycles. The molecule has 0 aliphatic rings. The number of aromatic nitrogens is 1. The Kier molecular flexibility index (Phi) is 5.37. The van der Waals surface area contributed by atoms with E-state index in [0.29, 0.717) is 18.1 Å². The second-order valence-corrected chi connectivity index (χ2v) is 7.07. The van der Waals surface area contributed by atoms with Gasteiger partial charge >= 0.3 is 0 Å². The van der Waals surface area contributed by atoms with Gasteiger partial charge in [0.05, 0.1) is 10.5 Å². The first-order valence-electron chi connectivity index (χ1n) is 7.37. The number of nitrogens with zero attached hydrogens (tertiary/aromatic N) is 1. The highest BCUT2D eigenvalue weighted by Gasteiger charge is 2.24. The number of hydrogen-bond donors (Lipinski definition) is 2. The van der Waals surface area contributed by atoms with Crippen molar-refractivity contribution in [3.63, 3.8) is 0 Å². The summed E-state index contributed by atoms with van der Waals surface area (Å²) in [6.45, 7) is 6.14. The van der Waals surface area contributed by atoms with Crippen LogP contribution in [0.1, 0.15) is 44.1 Å². The fourth-order valence-corrected chi connectivity index (χ4v) is 2.75. The molecule has 0 saturated carbocycles. The second-order valence-electron chi connectivity index (χ2n) is 6.12. The molecule has 0 bridgehead atoms. The molecule has 1 amide bonds. The van der Waals surface area contributed by atoms with E-state index in [4.69, 9.17) is 4.42 Å². The maximum atomic E-state index is 12.3. The number of thiophene rings is 1. The molecule has 0 aromatic carbocycles. The summed E-state index contributed by atoms with van der Waals surface area (Å²) in [5.74, 6) is 0.652. The number of carbonyl (C=O) groups is 1. The molecule has 0 saturated heterocycles. The van der Waals surface area contributed by atoms with Crippen LogP contribution >= 0.6 is 11.3 Å². The van der Waals surface area contributed by atoms with Crippen molar-refractivity contribution in [2.24, 2.45) is 5.92 Å². The largest absolute Gasteiger partial charge is 0.442 e. The zero-order chi connectivity index (χ0) is 16.2. The number of hydrogen-bond acceptors (Lipinski definition) is 5. The lowest BCUT2D eigenvalue weighted by Gasteiger charge is -2.24. The first-order valence-corrected chi connectivity index (χ1v) is 8.25. The molecule has 0 spiro atoms. The molecule has 0 fully saturated rings. The topological polar surface area (TPSA) is 75.4 Å². The minimum absolute atomic E-state index is 0.190. The molecule has 2 rings (SSSR count). The van der Waals surface area contributed by atoms with Gasteiger partial charge in [0.2, 0.25) is 0 Å². The number of aliphatic hydroxyl groups is 1. The number of carbonyl (C=O) groups excluding carboxylic acids is 1. The van der Waals surface area contributed by atoms with Crippen LogP contribution in [0.5, 0.6) is 0 Å². The lowest BCUT2D eigenvalue weighted by molar-refractivity contribution is 0.0428. The molecule has 1 unspecified atom stereocenters. The van der Waals surface area contributed by atoms with Crippen LogP contribution in [0.3, 0.4) is 0 Å². The first-order chi connectivity index (χ1) is 10.4. The van der Waals surface area contributed by atoms with Crippen molar-refractivity contribution < 1.29 is 14.3 Å². The highest BCUT2D eigenvalue weighted by atomic mass is 32.1. The van der Waals surface area contributed by atoms with Crippen LogP contribution in [0, 0.1) is 5.92 Å². The Balaban J connectivity index is 1.97. The van der Waals surface area contributed by atoms with Crippen molar-refractivity contribution >= 4 is 17.2 Å². The fourth-order valence-electron chi connectivity index (χ4n) is 2.03. The number of amides is 1. The van der Waals surface area contributed by atoms with E-state index >= 15 is 0 Å². The molecule has 120 valence electrons. The molecular weight excluding hydrogens is 300 g/mol. The summed E-state index contributed by atoms with van der Waals surface area (Å²) in [6.07, 6.45) is 2.82. The Hall–Kier alpha value is -1.66. The zero-order valence-electron chi connectivity index (χ0n) is 13.1. The van der Waals surface area contributed by atoms with Crippen LogP contribution in [0.15, 0.2) is 28.3 Å². The van der Waals surface area contributed by atoms with E-state index in [-0.39, 0.29) is 18.1 Å². The van der Waals surface area contributed by atoms with Crippen molar-refractivity contribution in [2.75, 3.05) is 6.54 Å². The number of oxazole rings is 1. The van der Waals surface area contributed by atoms with Gasteiger partial charge in [0.15, 0.2) is 17.8 Å². The molecule has 2 aromatic heterocycles. The maximum Gasteiger partial charge on any atom is 0.274 e. The predicted molar refractivity (Wildman–Crippen MR) is 86.8 cm³/mol. The average molecular weight is 322 g/mol. The number of rotatable bonds is 7. The van der Waals surface area contributed by atoms with Gasteiger partial charge in [-0.15, -0.1) is 11.3 Å². The second kappa shape index (κ2) is 7.07. The van der Waals surface area contributed by atoms with Crippen LogP contribution in [0.4, 0.5) is 0 Å². The zero-order valence-corrected chi connectivity index (χ0v) is 13.9. The molecule has 5 nitrogen and oxygen atoms in total. The third-order valence-corrected chi connectivity index (χ3v) is 4.29. The first kappa shape index (κ1) is 16.7. The Morgan fingerprint density at radius 1 is 1.55 bits per heavy atom. The highest BCUT2D eigenvalue weighted by Crippen LogP contribution is 2.27. The Labute approximate surface area is 134 Å². The van der Waals surface area contributed by atoms with E-state index in [1.807, 2.05) is 17.5 Å². The van der Waals surface area contributed by atoms with Gasteiger partial charge in [0, 0.05) is 6.54 Å². The van der Waals surface area contributed by atoms with E-state index in [9.17, 15) is 9.90 Å². The van der Waals surface area contributed by atoms with E-state index in [1.54, 1.807) is 6.92 Å². The SMILES string of the molecule is CC(C)CCC(C)(O)CNC(=O)c1ncoc1-c1cccs1. The van der Waals surface area contributed by atoms with Crippen LogP contribution in [-0.2, 0) is 0 Å². The van der Waals surface area contributed by atoms with Crippen LogP contribution in [-0.4, -0.2) is 28.1 Å². The van der Waals surface area contributed by atoms with Crippen molar-refractivity contribution in [3.05, 3.63) is 29.6 Å².